The van der Waals surface area contributed by atoms with Crippen molar-refractivity contribution in [3.63, 3.8) is 0 Å². The van der Waals surface area contributed by atoms with E-state index in [-0.39, 0.29) is 28.6 Å². The van der Waals surface area contributed by atoms with E-state index in [0.29, 0.717) is 28.1 Å². The number of phenolic OH excluding ortho intramolecular Hbond substituents is 1. The standard InChI is InChI=1S/C25H29N3O5S/c1-25(2,3)19-12-18(15-7-6-10-26-24(15)30)22(29)21(23(19)33-4)17-11-16(17)20-9-8-14(13-27-20)28-34(5,31)32/h6-10,12-13,16-17,28-29H,11H2,1-5H3,(H,26,30). The van der Waals surface area contributed by atoms with E-state index >= 15 is 0 Å². The Balaban J connectivity index is 1.80. The van der Waals surface area contributed by atoms with E-state index in [4.69, 9.17) is 4.74 Å². The Bertz CT molecular complexity index is 1390. The average molecular weight is 484 g/mol. The Morgan fingerprint density at radius 1 is 1.18 bits per heavy atom. The normalized spacial score (nSPS) is 17.9. The number of methoxy groups -OCH3 is 1. The molecule has 0 spiro atoms. The van der Waals surface area contributed by atoms with Crippen LogP contribution in [0.2, 0.25) is 0 Å². The van der Waals surface area contributed by atoms with Crippen LogP contribution in [0.5, 0.6) is 11.5 Å². The summed E-state index contributed by atoms with van der Waals surface area (Å²) in [5.74, 6) is 0.623. The summed E-state index contributed by atoms with van der Waals surface area (Å²) in [6.45, 7) is 6.18. The van der Waals surface area contributed by atoms with E-state index in [1.54, 1.807) is 37.6 Å². The summed E-state index contributed by atoms with van der Waals surface area (Å²) in [6.07, 6.45) is 4.88. The molecule has 2 aromatic heterocycles. The van der Waals surface area contributed by atoms with E-state index < -0.39 is 10.0 Å². The van der Waals surface area contributed by atoms with Gasteiger partial charge in [0, 0.05) is 40.4 Å². The first-order chi connectivity index (χ1) is 15.9. The number of sulfonamides is 1. The fraction of sp³-hybridized carbons (Fsp3) is 0.360. The summed E-state index contributed by atoms with van der Waals surface area (Å²) < 4.78 is 31.1. The van der Waals surface area contributed by atoms with Crippen LogP contribution in [0.4, 0.5) is 5.69 Å². The number of aromatic nitrogens is 2. The predicted octanol–water partition coefficient (Wildman–Crippen LogP) is 4.09. The molecule has 2 heterocycles. The van der Waals surface area contributed by atoms with Crippen molar-refractivity contribution in [1.29, 1.82) is 0 Å². The number of H-pyrrole nitrogens is 1. The molecule has 3 N–H and O–H groups in total. The smallest absolute Gasteiger partial charge is 0.255 e. The van der Waals surface area contributed by atoms with Crippen molar-refractivity contribution in [2.24, 2.45) is 0 Å². The van der Waals surface area contributed by atoms with Gasteiger partial charge < -0.3 is 14.8 Å². The lowest BCUT2D eigenvalue weighted by Gasteiger charge is -2.26. The molecule has 34 heavy (non-hydrogen) atoms. The summed E-state index contributed by atoms with van der Waals surface area (Å²) >= 11 is 0. The first-order valence-electron chi connectivity index (χ1n) is 11.0. The monoisotopic (exact) mass is 483 g/mol. The van der Waals surface area contributed by atoms with Crippen molar-refractivity contribution >= 4 is 15.7 Å². The van der Waals surface area contributed by atoms with Crippen molar-refractivity contribution in [1.82, 2.24) is 9.97 Å². The second-order valence-electron chi connectivity index (χ2n) is 9.72. The van der Waals surface area contributed by atoms with Gasteiger partial charge in [-0.2, -0.15) is 0 Å². The second-order valence-corrected chi connectivity index (χ2v) is 11.5. The van der Waals surface area contributed by atoms with E-state index in [9.17, 15) is 18.3 Å². The number of nitrogens with one attached hydrogen (secondary N) is 2. The molecule has 4 rings (SSSR count). The van der Waals surface area contributed by atoms with Crippen LogP contribution in [0.1, 0.15) is 55.8 Å². The summed E-state index contributed by atoms with van der Waals surface area (Å²) in [4.78, 5) is 19.7. The van der Waals surface area contributed by atoms with Crippen LogP contribution in [-0.4, -0.2) is 36.9 Å². The number of pyridine rings is 2. The molecule has 0 radical (unpaired) electrons. The molecule has 0 saturated heterocycles. The number of aromatic amines is 1. The molecular formula is C25H29N3O5S. The van der Waals surface area contributed by atoms with E-state index in [0.717, 1.165) is 23.9 Å². The van der Waals surface area contributed by atoms with Gasteiger partial charge in [-0.3, -0.25) is 14.5 Å². The molecule has 0 bridgehead atoms. The summed E-state index contributed by atoms with van der Waals surface area (Å²) in [6, 6.07) is 8.72. The zero-order chi connectivity index (χ0) is 24.8. The van der Waals surface area contributed by atoms with Gasteiger partial charge in [-0.1, -0.05) is 20.8 Å². The van der Waals surface area contributed by atoms with Crippen LogP contribution < -0.4 is 15.0 Å². The molecule has 1 saturated carbocycles. The summed E-state index contributed by atoms with van der Waals surface area (Å²) in [5.41, 5.74) is 3.03. The number of hydrogen-bond acceptors (Lipinski definition) is 6. The number of hydrogen-bond donors (Lipinski definition) is 3. The maximum atomic E-state index is 12.5. The number of anilines is 1. The Morgan fingerprint density at radius 2 is 1.91 bits per heavy atom. The van der Waals surface area contributed by atoms with Gasteiger partial charge in [0.25, 0.3) is 5.56 Å². The fourth-order valence-corrected chi connectivity index (χ4v) is 4.92. The van der Waals surface area contributed by atoms with E-state index in [2.05, 4.69) is 35.5 Å². The lowest BCUT2D eigenvalue weighted by molar-refractivity contribution is 0.384. The third-order valence-electron chi connectivity index (χ3n) is 6.04. The molecule has 9 heteroatoms. The number of rotatable bonds is 6. The maximum absolute atomic E-state index is 12.5. The predicted molar refractivity (Wildman–Crippen MR) is 132 cm³/mol. The molecule has 2 atom stereocenters. The molecule has 1 fully saturated rings. The lowest BCUT2D eigenvalue weighted by atomic mass is 9.81. The van der Waals surface area contributed by atoms with Crippen LogP contribution in [-0.2, 0) is 15.4 Å². The molecule has 1 aliphatic rings. The highest BCUT2D eigenvalue weighted by atomic mass is 32.2. The number of phenols is 1. The largest absolute Gasteiger partial charge is 0.507 e. The Labute approximate surface area is 199 Å². The Kier molecular flexibility index (Phi) is 5.93. The number of aromatic hydroxyl groups is 1. The topological polar surface area (TPSA) is 121 Å². The first kappa shape index (κ1) is 23.8. The van der Waals surface area contributed by atoms with Gasteiger partial charge in [0.2, 0.25) is 10.0 Å². The average Bonchev–Trinajstić information content (AvgIpc) is 3.53. The van der Waals surface area contributed by atoms with Crippen LogP contribution in [0.25, 0.3) is 11.1 Å². The second kappa shape index (κ2) is 8.47. The highest BCUT2D eigenvalue weighted by Gasteiger charge is 2.45. The van der Waals surface area contributed by atoms with Crippen molar-refractivity contribution in [3.05, 3.63) is 69.9 Å². The number of benzene rings is 1. The van der Waals surface area contributed by atoms with E-state index in [1.807, 2.05) is 6.07 Å². The minimum Gasteiger partial charge on any atom is -0.507 e. The van der Waals surface area contributed by atoms with Crippen LogP contribution in [0.3, 0.4) is 0 Å². The van der Waals surface area contributed by atoms with Gasteiger partial charge in [-0.05, 0) is 42.2 Å². The number of nitrogens with zero attached hydrogens (tertiary/aromatic N) is 1. The van der Waals surface area contributed by atoms with Crippen LogP contribution in [0.15, 0.2) is 47.5 Å². The molecule has 180 valence electrons. The summed E-state index contributed by atoms with van der Waals surface area (Å²) in [5, 5.41) is 11.4. The lowest BCUT2D eigenvalue weighted by Crippen LogP contribution is -2.16. The minimum atomic E-state index is -3.38. The van der Waals surface area contributed by atoms with Crippen LogP contribution >= 0.6 is 0 Å². The van der Waals surface area contributed by atoms with Crippen molar-refractivity contribution in [3.8, 4) is 22.6 Å². The molecule has 0 aliphatic heterocycles. The van der Waals surface area contributed by atoms with Gasteiger partial charge in [-0.15, -0.1) is 0 Å². The number of ether oxygens (including phenoxy) is 1. The first-order valence-corrected chi connectivity index (χ1v) is 12.9. The quantitative estimate of drug-likeness (QED) is 0.486. The van der Waals surface area contributed by atoms with Gasteiger partial charge in [0.15, 0.2) is 0 Å². The van der Waals surface area contributed by atoms with E-state index in [1.165, 1.54) is 6.20 Å². The van der Waals surface area contributed by atoms with Crippen molar-refractivity contribution in [2.45, 2.75) is 44.4 Å². The zero-order valence-corrected chi connectivity index (χ0v) is 20.7. The molecule has 8 nitrogen and oxygen atoms in total. The van der Waals surface area contributed by atoms with Gasteiger partial charge in [0.1, 0.15) is 11.5 Å². The molecule has 2 unspecified atom stereocenters. The highest BCUT2D eigenvalue weighted by molar-refractivity contribution is 7.92. The molecular weight excluding hydrogens is 454 g/mol. The Morgan fingerprint density at radius 3 is 2.47 bits per heavy atom. The maximum Gasteiger partial charge on any atom is 0.255 e. The summed E-state index contributed by atoms with van der Waals surface area (Å²) in [7, 11) is -1.80. The third kappa shape index (κ3) is 4.65. The van der Waals surface area contributed by atoms with Gasteiger partial charge in [0.05, 0.1) is 30.8 Å². The molecule has 1 aromatic carbocycles. The van der Waals surface area contributed by atoms with Crippen LogP contribution in [0, 0.1) is 0 Å². The molecule has 0 amide bonds. The minimum absolute atomic E-state index is 0.0317. The fourth-order valence-electron chi connectivity index (χ4n) is 4.38. The molecule has 1 aliphatic carbocycles. The third-order valence-corrected chi connectivity index (χ3v) is 6.65. The van der Waals surface area contributed by atoms with Gasteiger partial charge in [-0.25, -0.2) is 8.42 Å². The van der Waals surface area contributed by atoms with Gasteiger partial charge >= 0.3 is 0 Å². The zero-order valence-electron chi connectivity index (χ0n) is 19.8. The highest BCUT2D eigenvalue weighted by Crippen LogP contribution is 2.61. The van der Waals surface area contributed by atoms with Crippen molar-refractivity contribution < 1.29 is 18.3 Å². The Hall–Kier alpha value is -3.33. The van der Waals surface area contributed by atoms with Crippen molar-refractivity contribution in [2.75, 3.05) is 18.1 Å². The molecule has 3 aromatic rings. The SMILES string of the molecule is COc1c(C(C)(C)C)cc(-c2ccc[nH]c2=O)c(O)c1C1CC1c1ccc(NS(C)(=O)=O)cn1.